The lowest BCUT2D eigenvalue weighted by molar-refractivity contribution is 0.101. The molecule has 0 saturated carbocycles. The Labute approximate surface area is 119 Å². The summed E-state index contributed by atoms with van der Waals surface area (Å²) in [6.45, 7) is 7.91. The van der Waals surface area contributed by atoms with Gasteiger partial charge in [-0.25, -0.2) is 0 Å². The molecule has 1 aliphatic rings. The fourth-order valence-corrected chi connectivity index (χ4v) is 3.52. The number of nitrogens with two attached hydrogens (primary N) is 1. The van der Waals surface area contributed by atoms with Gasteiger partial charge in [-0.3, -0.25) is 4.90 Å². The number of nitrogens with zero attached hydrogens (tertiary/aromatic N) is 1. The van der Waals surface area contributed by atoms with Crippen LogP contribution in [0.4, 0.5) is 0 Å². The van der Waals surface area contributed by atoms with Crippen LogP contribution < -0.4 is 5.73 Å². The normalized spacial score (nSPS) is 22.9. The molecular formula is C15H23BrN2. The average Bonchev–Trinajstić information content (AvgIpc) is 2.59. The molecule has 3 heteroatoms. The molecule has 100 valence electrons. The summed E-state index contributed by atoms with van der Waals surface area (Å²) in [6.07, 6.45) is 2.52. The highest BCUT2D eigenvalue weighted by Gasteiger charge is 2.38. The van der Waals surface area contributed by atoms with Gasteiger partial charge in [-0.05, 0) is 57.9 Å². The molecule has 0 spiro atoms. The first-order valence-electron chi connectivity index (χ1n) is 6.69. The van der Waals surface area contributed by atoms with E-state index in [9.17, 15) is 0 Å². The van der Waals surface area contributed by atoms with Crippen molar-refractivity contribution < 1.29 is 0 Å². The van der Waals surface area contributed by atoms with Gasteiger partial charge in [0.15, 0.2) is 0 Å². The fraction of sp³-hybridized carbons (Fsp3) is 0.600. The highest BCUT2D eigenvalue weighted by molar-refractivity contribution is 9.10. The molecule has 0 amide bonds. The SMILES string of the molecule is CC(N)C(c1cccc(Br)c1)N1CCCC1(C)C. The van der Waals surface area contributed by atoms with Crippen molar-refractivity contribution in [2.45, 2.75) is 51.2 Å². The Morgan fingerprint density at radius 1 is 1.39 bits per heavy atom. The second-order valence-electron chi connectivity index (χ2n) is 5.97. The van der Waals surface area contributed by atoms with Crippen LogP contribution in [-0.2, 0) is 0 Å². The van der Waals surface area contributed by atoms with E-state index < -0.39 is 0 Å². The minimum Gasteiger partial charge on any atom is -0.326 e. The fourth-order valence-electron chi connectivity index (χ4n) is 3.10. The number of hydrogen-bond acceptors (Lipinski definition) is 2. The molecule has 1 heterocycles. The van der Waals surface area contributed by atoms with Gasteiger partial charge in [-0.1, -0.05) is 28.1 Å². The first kappa shape index (κ1) is 14.0. The van der Waals surface area contributed by atoms with Crippen LogP contribution in [0.15, 0.2) is 28.7 Å². The summed E-state index contributed by atoms with van der Waals surface area (Å²) in [5.41, 5.74) is 7.83. The zero-order valence-electron chi connectivity index (χ0n) is 11.5. The number of halogens is 1. The molecule has 18 heavy (non-hydrogen) atoms. The van der Waals surface area contributed by atoms with Crippen molar-refractivity contribution in [3.8, 4) is 0 Å². The van der Waals surface area contributed by atoms with Crippen LogP contribution >= 0.6 is 15.9 Å². The smallest absolute Gasteiger partial charge is 0.0502 e. The van der Waals surface area contributed by atoms with Gasteiger partial charge in [0, 0.05) is 16.1 Å². The molecule has 1 aromatic carbocycles. The van der Waals surface area contributed by atoms with E-state index in [2.05, 4.69) is 65.9 Å². The summed E-state index contributed by atoms with van der Waals surface area (Å²) in [7, 11) is 0. The van der Waals surface area contributed by atoms with E-state index in [0.717, 1.165) is 11.0 Å². The van der Waals surface area contributed by atoms with Crippen LogP contribution in [0.25, 0.3) is 0 Å². The third-order valence-electron chi connectivity index (χ3n) is 3.99. The minimum atomic E-state index is 0.136. The highest BCUT2D eigenvalue weighted by Crippen LogP contribution is 2.38. The van der Waals surface area contributed by atoms with Crippen molar-refractivity contribution in [2.75, 3.05) is 6.54 Å². The topological polar surface area (TPSA) is 29.3 Å². The third kappa shape index (κ3) is 2.79. The van der Waals surface area contributed by atoms with Gasteiger partial charge in [-0.2, -0.15) is 0 Å². The summed E-state index contributed by atoms with van der Waals surface area (Å²) in [4.78, 5) is 2.57. The quantitative estimate of drug-likeness (QED) is 0.922. The predicted molar refractivity (Wildman–Crippen MR) is 80.6 cm³/mol. The monoisotopic (exact) mass is 310 g/mol. The van der Waals surface area contributed by atoms with Crippen LogP contribution in [0, 0.1) is 0 Å². The van der Waals surface area contributed by atoms with Crippen molar-refractivity contribution in [3.05, 3.63) is 34.3 Å². The van der Waals surface area contributed by atoms with Gasteiger partial charge in [0.2, 0.25) is 0 Å². The largest absolute Gasteiger partial charge is 0.326 e. The second kappa shape index (κ2) is 5.32. The minimum absolute atomic E-state index is 0.136. The molecule has 2 atom stereocenters. The molecule has 2 nitrogen and oxygen atoms in total. The Morgan fingerprint density at radius 2 is 2.11 bits per heavy atom. The van der Waals surface area contributed by atoms with E-state index in [1.54, 1.807) is 0 Å². The molecule has 2 rings (SSSR count). The first-order valence-corrected chi connectivity index (χ1v) is 7.49. The molecule has 0 aliphatic carbocycles. The molecule has 0 radical (unpaired) electrons. The van der Waals surface area contributed by atoms with Gasteiger partial charge in [0.25, 0.3) is 0 Å². The van der Waals surface area contributed by atoms with Gasteiger partial charge in [0.05, 0.1) is 6.04 Å². The van der Waals surface area contributed by atoms with Crippen LogP contribution in [-0.4, -0.2) is 23.0 Å². The van der Waals surface area contributed by atoms with E-state index in [1.807, 2.05) is 0 Å². The van der Waals surface area contributed by atoms with Gasteiger partial charge in [-0.15, -0.1) is 0 Å². The Kier molecular flexibility index (Phi) is 4.15. The molecule has 0 aromatic heterocycles. The number of hydrogen-bond donors (Lipinski definition) is 1. The molecule has 1 aliphatic heterocycles. The zero-order chi connectivity index (χ0) is 13.3. The number of benzene rings is 1. The Bertz CT molecular complexity index is 415. The van der Waals surface area contributed by atoms with Crippen LogP contribution in [0.2, 0.25) is 0 Å². The highest BCUT2D eigenvalue weighted by atomic mass is 79.9. The van der Waals surface area contributed by atoms with E-state index in [-0.39, 0.29) is 11.6 Å². The molecule has 1 saturated heterocycles. The van der Waals surface area contributed by atoms with Gasteiger partial charge in [0.1, 0.15) is 0 Å². The Balaban J connectivity index is 2.35. The van der Waals surface area contributed by atoms with E-state index in [1.165, 1.54) is 18.4 Å². The number of rotatable bonds is 3. The first-order chi connectivity index (χ1) is 8.42. The van der Waals surface area contributed by atoms with E-state index >= 15 is 0 Å². The average molecular weight is 311 g/mol. The maximum Gasteiger partial charge on any atom is 0.0502 e. The molecule has 2 unspecified atom stereocenters. The number of likely N-dealkylation sites (tertiary alicyclic amines) is 1. The standard InChI is InChI=1S/C15H23BrN2/c1-11(17)14(12-6-4-7-13(16)10-12)18-9-5-8-15(18,2)3/h4,6-7,10-11,14H,5,8-9,17H2,1-3H3. The molecular weight excluding hydrogens is 288 g/mol. The predicted octanol–water partition coefficient (Wildman–Crippen LogP) is 3.71. The maximum absolute atomic E-state index is 6.26. The Morgan fingerprint density at radius 3 is 2.61 bits per heavy atom. The van der Waals surface area contributed by atoms with Crippen LogP contribution in [0.5, 0.6) is 0 Å². The maximum atomic E-state index is 6.26. The van der Waals surface area contributed by atoms with Crippen molar-refractivity contribution in [1.82, 2.24) is 4.90 Å². The molecule has 2 N–H and O–H groups in total. The molecule has 1 aromatic rings. The van der Waals surface area contributed by atoms with E-state index in [0.29, 0.717) is 6.04 Å². The van der Waals surface area contributed by atoms with Gasteiger partial charge < -0.3 is 5.73 Å². The van der Waals surface area contributed by atoms with Crippen LogP contribution in [0.3, 0.4) is 0 Å². The van der Waals surface area contributed by atoms with Crippen molar-refractivity contribution >= 4 is 15.9 Å². The van der Waals surface area contributed by atoms with Crippen molar-refractivity contribution in [3.63, 3.8) is 0 Å². The summed E-state index contributed by atoms with van der Waals surface area (Å²) >= 11 is 3.56. The summed E-state index contributed by atoms with van der Waals surface area (Å²) in [6, 6.07) is 8.99. The third-order valence-corrected chi connectivity index (χ3v) is 4.48. The molecule has 1 fully saturated rings. The summed E-state index contributed by atoms with van der Waals surface area (Å²) in [5, 5.41) is 0. The lowest BCUT2D eigenvalue weighted by Gasteiger charge is -2.40. The van der Waals surface area contributed by atoms with Gasteiger partial charge >= 0.3 is 0 Å². The molecule has 0 bridgehead atoms. The van der Waals surface area contributed by atoms with E-state index in [4.69, 9.17) is 5.73 Å². The van der Waals surface area contributed by atoms with Crippen LogP contribution in [0.1, 0.15) is 45.2 Å². The second-order valence-corrected chi connectivity index (χ2v) is 6.88. The lowest BCUT2D eigenvalue weighted by atomic mass is 9.94. The van der Waals surface area contributed by atoms with Crippen molar-refractivity contribution in [1.29, 1.82) is 0 Å². The Hall–Kier alpha value is -0.380. The lowest BCUT2D eigenvalue weighted by Crippen LogP contribution is -2.47. The summed E-state index contributed by atoms with van der Waals surface area (Å²) < 4.78 is 1.13. The zero-order valence-corrected chi connectivity index (χ0v) is 13.1. The summed E-state index contributed by atoms with van der Waals surface area (Å²) in [5.74, 6) is 0. The van der Waals surface area contributed by atoms with Crippen molar-refractivity contribution in [2.24, 2.45) is 5.73 Å².